The highest BCUT2D eigenvalue weighted by atomic mass is 32.1. The number of piperazine rings is 1. The van der Waals surface area contributed by atoms with E-state index >= 15 is 0 Å². The number of carbonyl (C=O) groups is 1. The van der Waals surface area contributed by atoms with E-state index in [1.807, 2.05) is 0 Å². The van der Waals surface area contributed by atoms with Crippen molar-refractivity contribution in [1.29, 1.82) is 0 Å². The van der Waals surface area contributed by atoms with E-state index in [0.717, 1.165) is 68.5 Å². The summed E-state index contributed by atoms with van der Waals surface area (Å²) < 4.78 is 0. The van der Waals surface area contributed by atoms with Gasteiger partial charge >= 0.3 is 0 Å². The number of nitrogens with one attached hydrogen (secondary N) is 1. The summed E-state index contributed by atoms with van der Waals surface area (Å²) >= 11 is 1.66. The zero-order valence-corrected chi connectivity index (χ0v) is 18.4. The van der Waals surface area contributed by atoms with Crippen molar-refractivity contribution in [1.82, 2.24) is 14.8 Å². The van der Waals surface area contributed by atoms with Gasteiger partial charge in [-0.3, -0.25) is 9.69 Å². The molecule has 2 aromatic rings. The van der Waals surface area contributed by atoms with Gasteiger partial charge in [-0.15, -0.1) is 11.3 Å². The van der Waals surface area contributed by atoms with Crippen molar-refractivity contribution in [2.45, 2.75) is 52.5 Å². The van der Waals surface area contributed by atoms with Crippen molar-refractivity contribution < 1.29 is 4.79 Å². The van der Waals surface area contributed by atoms with Crippen LogP contribution in [0.3, 0.4) is 0 Å². The molecule has 1 aromatic carbocycles. The summed E-state index contributed by atoms with van der Waals surface area (Å²) in [5, 5.41) is 6.57. The van der Waals surface area contributed by atoms with Gasteiger partial charge in [-0.05, 0) is 43.4 Å². The number of benzene rings is 1. The number of rotatable bonds is 6. The van der Waals surface area contributed by atoms with E-state index in [2.05, 4.69) is 57.5 Å². The average molecular weight is 413 g/mol. The van der Waals surface area contributed by atoms with Crippen molar-refractivity contribution >= 4 is 28.1 Å². The van der Waals surface area contributed by atoms with Crippen LogP contribution in [0.4, 0.5) is 10.8 Å². The van der Waals surface area contributed by atoms with Gasteiger partial charge < -0.3 is 10.2 Å². The Balaban J connectivity index is 1.34. The molecule has 1 N–H and O–H groups in total. The number of aryl methyl sites for hydroxylation is 1. The largest absolute Gasteiger partial charge is 0.340 e. The van der Waals surface area contributed by atoms with Gasteiger partial charge in [-0.1, -0.05) is 31.9 Å². The summed E-state index contributed by atoms with van der Waals surface area (Å²) in [5.74, 6) is 0.699. The highest BCUT2D eigenvalue weighted by molar-refractivity contribution is 7.13. The first kappa shape index (κ1) is 20.4. The zero-order chi connectivity index (χ0) is 20.2. The normalized spacial score (nSPS) is 18.3. The molecule has 0 atom stereocenters. The van der Waals surface area contributed by atoms with Gasteiger partial charge in [0, 0.05) is 49.7 Å². The summed E-state index contributed by atoms with van der Waals surface area (Å²) in [6.07, 6.45) is 5.60. The first-order valence-corrected chi connectivity index (χ1v) is 11.8. The second kappa shape index (κ2) is 9.26. The number of aromatic nitrogens is 1. The molecule has 2 aliphatic rings. The van der Waals surface area contributed by atoms with Crippen molar-refractivity contribution in [3.8, 4) is 0 Å². The second-order valence-electron chi connectivity index (χ2n) is 8.30. The van der Waals surface area contributed by atoms with E-state index in [1.165, 1.54) is 24.0 Å². The fourth-order valence-electron chi connectivity index (χ4n) is 4.43. The van der Waals surface area contributed by atoms with Crippen LogP contribution in [-0.2, 0) is 17.8 Å². The van der Waals surface area contributed by atoms with Gasteiger partial charge in [0.05, 0.1) is 5.69 Å². The molecule has 4 rings (SSSR count). The monoisotopic (exact) mass is 412 g/mol. The van der Waals surface area contributed by atoms with Crippen LogP contribution >= 0.6 is 11.3 Å². The van der Waals surface area contributed by atoms with E-state index in [0.29, 0.717) is 11.8 Å². The quantitative estimate of drug-likeness (QED) is 0.754. The highest BCUT2D eigenvalue weighted by Crippen LogP contribution is 2.28. The van der Waals surface area contributed by atoms with Crippen LogP contribution in [0.1, 0.15) is 49.4 Å². The van der Waals surface area contributed by atoms with Crippen LogP contribution in [0.15, 0.2) is 23.6 Å². The number of thiazole rings is 1. The lowest BCUT2D eigenvalue weighted by Crippen LogP contribution is -2.49. The maximum atomic E-state index is 12.7. The van der Waals surface area contributed by atoms with E-state index < -0.39 is 0 Å². The minimum Gasteiger partial charge on any atom is -0.340 e. The van der Waals surface area contributed by atoms with Crippen molar-refractivity contribution in [3.05, 3.63) is 40.4 Å². The van der Waals surface area contributed by atoms with Gasteiger partial charge in [0.2, 0.25) is 5.91 Å². The topological polar surface area (TPSA) is 48.5 Å². The van der Waals surface area contributed by atoms with Gasteiger partial charge in [0.1, 0.15) is 0 Å². The van der Waals surface area contributed by atoms with Crippen molar-refractivity contribution in [3.63, 3.8) is 0 Å². The Bertz CT molecular complexity index is 835. The predicted octanol–water partition coefficient (Wildman–Crippen LogP) is 4.59. The molecule has 156 valence electrons. The maximum Gasteiger partial charge on any atom is 0.225 e. The Morgan fingerprint density at radius 3 is 2.66 bits per heavy atom. The first-order valence-electron chi connectivity index (χ1n) is 10.9. The fourth-order valence-corrected chi connectivity index (χ4v) is 5.24. The molecule has 1 saturated carbocycles. The summed E-state index contributed by atoms with van der Waals surface area (Å²) in [4.78, 5) is 21.9. The summed E-state index contributed by atoms with van der Waals surface area (Å²) in [5.41, 5.74) is 4.90. The Hall–Kier alpha value is -1.92. The minimum atomic E-state index is 0.297. The molecular formula is C23H32N4OS. The number of carbonyl (C=O) groups excluding carboxylic acids is 1. The van der Waals surface area contributed by atoms with E-state index in [4.69, 9.17) is 0 Å². The summed E-state index contributed by atoms with van der Waals surface area (Å²) in [7, 11) is 0. The molecule has 0 unspecified atom stereocenters. The van der Waals surface area contributed by atoms with E-state index in [9.17, 15) is 4.79 Å². The van der Waals surface area contributed by atoms with Crippen LogP contribution in [0, 0.1) is 12.8 Å². The van der Waals surface area contributed by atoms with Crippen LogP contribution in [0.5, 0.6) is 0 Å². The van der Waals surface area contributed by atoms with Crippen LogP contribution in [0.25, 0.3) is 0 Å². The maximum absolute atomic E-state index is 12.7. The van der Waals surface area contributed by atoms with Gasteiger partial charge in [0.25, 0.3) is 0 Å². The third-order valence-corrected chi connectivity index (χ3v) is 7.19. The molecule has 0 spiro atoms. The smallest absolute Gasteiger partial charge is 0.225 e. The number of nitrogens with zero attached hydrogens (tertiary/aromatic N) is 3. The summed E-state index contributed by atoms with van der Waals surface area (Å²) in [6.45, 7) is 8.91. The van der Waals surface area contributed by atoms with E-state index in [1.54, 1.807) is 11.3 Å². The Morgan fingerprint density at radius 2 is 1.97 bits per heavy atom. The molecule has 1 amide bonds. The molecule has 1 aliphatic heterocycles. The molecule has 1 aliphatic carbocycles. The average Bonchev–Trinajstić information content (AvgIpc) is 3.43. The lowest BCUT2D eigenvalue weighted by atomic mass is 10.0. The molecule has 1 saturated heterocycles. The molecule has 5 nitrogen and oxygen atoms in total. The number of amides is 1. The second-order valence-corrected chi connectivity index (χ2v) is 9.15. The number of hydrogen-bond acceptors (Lipinski definition) is 5. The number of anilines is 2. The summed E-state index contributed by atoms with van der Waals surface area (Å²) in [6, 6.07) is 6.47. The third kappa shape index (κ3) is 4.81. The fraction of sp³-hybridized carbons (Fsp3) is 0.565. The minimum absolute atomic E-state index is 0.297. The standard InChI is InChI=1S/C23H32N4OS/c1-3-20-16-29-23(24-20)25-21-10-6-9-19(17(21)2)15-26-11-13-27(14-12-26)22(28)18-7-4-5-8-18/h6,9-10,16,18H,3-5,7-8,11-15H2,1-2H3,(H,24,25). The van der Waals surface area contributed by atoms with Crippen molar-refractivity contribution in [2.75, 3.05) is 31.5 Å². The lowest BCUT2D eigenvalue weighted by Gasteiger charge is -2.36. The number of hydrogen-bond donors (Lipinski definition) is 1. The molecule has 0 radical (unpaired) electrons. The molecule has 2 fully saturated rings. The van der Waals surface area contributed by atoms with Gasteiger partial charge in [0.15, 0.2) is 5.13 Å². The molecule has 6 heteroatoms. The zero-order valence-electron chi connectivity index (χ0n) is 17.6. The SMILES string of the molecule is CCc1csc(Nc2cccc(CN3CCN(C(=O)C4CCCC4)CC3)c2C)n1. The molecular weight excluding hydrogens is 380 g/mol. The van der Waals surface area contributed by atoms with Crippen molar-refractivity contribution in [2.24, 2.45) is 5.92 Å². The van der Waals surface area contributed by atoms with Crippen LogP contribution < -0.4 is 5.32 Å². The van der Waals surface area contributed by atoms with Gasteiger partial charge in [-0.2, -0.15) is 0 Å². The van der Waals surface area contributed by atoms with Crippen LogP contribution in [-0.4, -0.2) is 46.9 Å². The highest BCUT2D eigenvalue weighted by Gasteiger charge is 2.29. The molecule has 1 aromatic heterocycles. The third-order valence-electron chi connectivity index (χ3n) is 6.38. The predicted molar refractivity (Wildman–Crippen MR) is 120 cm³/mol. The Morgan fingerprint density at radius 1 is 1.21 bits per heavy atom. The van der Waals surface area contributed by atoms with Crippen LogP contribution in [0.2, 0.25) is 0 Å². The molecule has 0 bridgehead atoms. The van der Waals surface area contributed by atoms with E-state index in [-0.39, 0.29) is 0 Å². The Labute approximate surface area is 178 Å². The Kier molecular flexibility index (Phi) is 6.50. The first-order chi connectivity index (χ1) is 14.1. The molecule has 2 heterocycles. The lowest BCUT2D eigenvalue weighted by molar-refractivity contribution is -0.137. The van der Waals surface area contributed by atoms with Gasteiger partial charge in [-0.25, -0.2) is 4.98 Å². The molecule has 29 heavy (non-hydrogen) atoms.